The zero-order valence-corrected chi connectivity index (χ0v) is 11.3. The van der Waals surface area contributed by atoms with Crippen molar-refractivity contribution in [1.82, 2.24) is 0 Å². The van der Waals surface area contributed by atoms with Crippen molar-refractivity contribution in [3.8, 4) is 5.75 Å². The summed E-state index contributed by atoms with van der Waals surface area (Å²) in [6.45, 7) is 2.36. The number of carbonyl (C=O) groups excluding carboxylic acids is 1. The summed E-state index contributed by atoms with van der Waals surface area (Å²) in [4.78, 5) is 10.5. The first-order valence-electron chi connectivity index (χ1n) is 5.62. The van der Waals surface area contributed by atoms with Crippen molar-refractivity contribution in [2.75, 3.05) is 6.61 Å². The first kappa shape index (κ1) is 12.6. The minimum absolute atomic E-state index is 0.133. The molecule has 2 rings (SSSR count). The lowest BCUT2D eigenvalue weighted by Gasteiger charge is -2.22. The number of benzene rings is 1. The standard InChI is InChI=1S/C13H15BrO3/c1-13(16,3-4-15)8-10-7-11(14)6-9-2-5-17-12(9)10/h4,6-7,16H,2-3,5,8H2,1H3. The second-order valence-electron chi connectivity index (χ2n) is 4.70. The molecular weight excluding hydrogens is 284 g/mol. The molecule has 1 aliphatic heterocycles. The van der Waals surface area contributed by atoms with E-state index in [1.54, 1.807) is 6.92 Å². The molecule has 1 atom stereocenters. The van der Waals surface area contributed by atoms with Crippen molar-refractivity contribution in [1.29, 1.82) is 0 Å². The number of rotatable bonds is 4. The fraction of sp³-hybridized carbons (Fsp3) is 0.462. The van der Waals surface area contributed by atoms with Gasteiger partial charge in [0.15, 0.2) is 0 Å². The normalized spacial score (nSPS) is 17.1. The largest absolute Gasteiger partial charge is 0.493 e. The molecule has 4 heteroatoms. The maximum Gasteiger partial charge on any atom is 0.125 e. The molecule has 0 fully saturated rings. The van der Waals surface area contributed by atoms with Crippen LogP contribution in [0, 0.1) is 0 Å². The van der Waals surface area contributed by atoms with Crippen LogP contribution in [0.4, 0.5) is 0 Å². The van der Waals surface area contributed by atoms with Crippen LogP contribution in [-0.2, 0) is 17.6 Å². The highest BCUT2D eigenvalue weighted by Crippen LogP contribution is 2.35. The molecule has 0 spiro atoms. The molecule has 1 unspecified atom stereocenters. The molecule has 0 amide bonds. The van der Waals surface area contributed by atoms with Crippen molar-refractivity contribution in [3.63, 3.8) is 0 Å². The van der Waals surface area contributed by atoms with Gasteiger partial charge in [-0.05, 0) is 30.2 Å². The summed E-state index contributed by atoms with van der Waals surface area (Å²) in [7, 11) is 0. The first-order valence-corrected chi connectivity index (χ1v) is 6.41. The molecule has 0 saturated heterocycles. The number of hydrogen-bond donors (Lipinski definition) is 1. The Kier molecular flexibility index (Phi) is 3.54. The number of aldehydes is 1. The molecule has 0 aromatic heterocycles. The molecule has 0 saturated carbocycles. The Bertz CT molecular complexity index is 441. The van der Waals surface area contributed by atoms with Gasteiger partial charge in [0, 0.05) is 23.7 Å². The molecule has 1 N–H and O–H groups in total. The molecule has 17 heavy (non-hydrogen) atoms. The van der Waals surface area contributed by atoms with Crippen molar-refractivity contribution in [2.24, 2.45) is 0 Å². The van der Waals surface area contributed by atoms with E-state index in [0.29, 0.717) is 13.0 Å². The average Bonchev–Trinajstić information content (AvgIpc) is 2.64. The van der Waals surface area contributed by atoms with Crippen molar-refractivity contribution in [3.05, 3.63) is 27.7 Å². The van der Waals surface area contributed by atoms with E-state index in [1.165, 1.54) is 0 Å². The van der Waals surface area contributed by atoms with E-state index in [9.17, 15) is 9.90 Å². The van der Waals surface area contributed by atoms with Gasteiger partial charge >= 0.3 is 0 Å². The first-order chi connectivity index (χ1) is 8.02. The molecular formula is C13H15BrO3. The Hall–Kier alpha value is -0.870. The number of fused-ring (bicyclic) bond motifs is 1. The number of halogens is 1. The van der Waals surface area contributed by atoms with Crippen molar-refractivity contribution < 1.29 is 14.6 Å². The predicted octanol–water partition coefficient (Wildman–Crippen LogP) is 2.27. The van der Waals surface area contributed by atoms with Gasteiger partial charge in [-0.15, -0.1) is 0 Å². The second kappa shape index (κ2) is 4.78. The van der Waals surface area contributed by atoms with E-state index in [-0.39, 0.29) is 6.42 Å². The van der Waals surface area contributed by atoms with Gasteiger partial charge in [-0.3, -0.25) is 0 Å². The Balaban J connectivity index is 2.30. The van der Waals surface area contributed by atoms with Crippen LogP contribution in [0.3, 0.4) is 0 Å². The van der Waals surface area contributed by atoms with Crippen LogP contribution in [0.5, 0.6) is 5.75 Å². The van der Waals surface area contributed by atoms with Gasteiger partial charge in [0.05, 0.1) is 12.2 Å². The number of carbonyl (C=O) groups is 1. The van der Waals surface area contributed by atoms with Crippen LogP contribution < -0.4 is 4.74 Å². The minimum Gasteiger partial charge on any atom is -0.493 e. The van der Waals surface area contributed by atoms with E-state index in [2.05, 4.69) is 15.9 Å². The van der Waals surface area contributed by atoms with Crippen molar-refractivity contribution >= 4 is 22.2 Å². The molecule has 1 heterocycles. The second-order valence-corrected chi connectivity index (χ2v) is 5.61. The Labute approximate surface area is 109 Å². The maximum atomic E-state index is 10.5. The summed E-state index contributed by atoms with van der Waals surface area (Å²) < 4.78 is 6.57. The molecule has 1 aromatic rings. The van der Waals surface area contributed by atoms with Crippen LogP contribution in [0.2, 0.25) is 0 Å². The molecule has 0 aliphatic carbocycles. The maximum absolute atomic E-state index is 10.5. The predicted molar refractivity (Wildman–Crippen MR) is 68.3 cm³/mol. The Morgan fingerprint density at radius 1 is 1.59 bits per heavy atom. The van der Waals surface area contributed by atoms with Gasteiger partial charge in [0.1, 0.15) is 12.0 Å². The summed E-state index contributed by atoms with van der Waals surface area (Å²) >= 11 is 3.46. The quantitative estimate of drug-likeness (QED) is 0.868. The van der Waals surface area contributed by atoms with Crippen LogP contribution >= 0.6 is 15.9 Å². The van der Waals surface area contributed by atoms with Crippen LogP contribution in [-0.4, -0.2) is 23.6 Å². The lowest BCUT2D eigenvalue weighted by Crippen LogP contribution is -2.27. The van der Waals surface area contributed by atoms with Gasteiger partial charge in [-0.1, -0.05) is 15.9 Å². The van der Waals surface area contributed by atoms with E-state index in [4.69, 9.17) is 4.74 Å². The van der Waals surface area contributed by atoms with Crippen LogP contribution in [0.1, 0.15) is 24.5 Å². The summed E-state index contributed by atoms with van der Waals surface area (Å²) in [5.41, 5.74) is 1.11. The minimum atomic E-state index is -1.01. The van der Waals surface area contributed by atoms with Crippen LogP contribution in [0.15, 0.2) is 16.6 Å². The summed E-state index contributed by atoms with van der Waals surface area (Å²) in [5, 5.41) is 10.1. The molecule has 1 aliphatic rings. The molecule has 0 radical (unpaired) electrons. The lowest BCUT2D eigenvalue weighted by atomic mass is 9.92. The SMILES string of the molecule is CC(O)(CC=O)Cc1cc(Br)cc2c1OCC2. The lowest BCUT2D eigenvalue weighted by molar-refractivity contribution is -0.111. The third kappa shape index (κ3) is 2.87. The Morgan fingerprint density at radius 3 is 3.06 bits per heavy atom. The Morgan fingerprint density at radius 2 is 2.35 bits per heavy atom. The summed E-state index contributed by atoms with van der Waals surface area (Å²) in [6.07, 6.45) is 2.21. The van der Waals surface area contributed by atoms with Gasteiger partial charge in [0.2, 0.25) is 0 Å². The fourth-order valence-corrected chi connectivity index (χ4v) is 2.69. The number of ether oxygens (including phenoxy) is 1. The van der Waals surface area contributed by atoms with E-state index in [0.717, 1.165) is 34.1 Å². The topological polar surface area (TPSA) is 46.5 Å². The summed E-state index contributed by atoms with van der Waals surface area (Å²) in [6, 6.07) is 3.99. The van der Waals surface area contributed by atoms with Gasteiger partial charge < -0.3 is 14.6 Å². The highest BCUT2D eigenvalue weighted by Gasteiger charge is 2.25. The number of hydrogen-bond acceptors (Lipinski definition) is 3. The van der Waals surface area contributed by atoms with Gasteiger partial charge in [-0.25, -0.2) is 0 Å². The smallest absolute Gasteiger partial charge is 0.125 e. The summed E-state index contributed by atoms with van der Waals surface area (Å²) in [5.74, 6) is 0.874. The zero-order valence-electron chi connectivity index (χ0n) is 9.70. The van der Waals surface area contributed by atoms with Gasteiger partial charge in [0.25, 0.3) is 0 Å². The fourth-order valence-electron chi connectivity index (χ4n) is 2.14. The third-order valence-corrected chi connectivity index (χ3v) is 3.38. The third-order valence-electron chi connectivity index (χ3n) is 2.92. The van der Waals surface area contributed by atoms with Gasteiger partial charge in [-0.2, -0.15) is 0 Å². The molecule has 0 bridgehead atoms. The molecule has 1 aromatic carbocycles. The van der Waals surface area contributed by atoms with E-state index in [1.807, 2.05) is 12.1 Å². The highest BCUT2D eigenvalue weighted by atomic mass is 79.9. The van der Waals surface area contributed by atoms with Crippen molar-refractivity contribution in [2.45, 2.75) is 31.8 Å². The zero-order chi connectivity index (χ0) is 12.5. The highest BCUT2D eigenvalue weighted by molar-refractivity contribution is 9.10. The number of aliphatic hydroxyl groups is 1. The van der Waals surface area contributed by atoms with E-state index < -0.39 is 5.60 Å². The van der Waals surface area contributed by atoms with E-state index >= 15 is 0 Å². The molecule has 3 nitrogen and oxygen atoms in total. The average molecular weight is 299 g/mol. The monoisotopic (exact) mass is 298 g/mol. The molecule has 92 valence electrons. The van der Waals surface area contributed by atoms with Crippen LogP contribution in [0.25, 0.3) is 0 Å².